The summed E-state index contributed by atoms with van der Waals surface area (Å²) < 4.78 is 12.8. The number of aryl methyl sites for hydroxylation is 2. The molecule has 0 fully saturated rings. The minimum absolute atomic E-state index is 0.470. The first-order valence-corrected chi connectivity index (χ1v) is 9.87. The van der Waals surface area contributed by atoms with Crippen molar-refractivity contribution in [3.8, 4) is 11.5 Å². The van der Waals surface area contributed by atoms with Crippen LogP contribution in [0.4, 0.5) is 5.82 Å². The third kappa shape index (κ3) is 3.68. The smallest absolute Gasteiger partial charge is 0.151 e. The number of aromatic nitrogens is 3. The Bertz CT molecular complexity index is 1180. The summed E-state index contributed by atoms with van der Waals surface area (Å²) in [4.78, 5) is 9.39. The quantitative estimate of drug-likeness (QED) is 0.521. The molecular weight excluding hydrogens is 376 g/mol. The summed E-state index contributed by atoms with van der Waals surface area (Å²) in [6.07, 6.45) is 0.687. The van der Waals surface area contributed by atoms with E-state index in [-0.39, 0.29) is 0 Å². The van der Waals surface area contributed by atoms with E-state index in [1.54, 1.807) is 14.2 Å². The molecule has 2 N–H and O–H groups in total. The number of rotatable bonds is 6. The minimum atomic E-state index is 0.470. The molecule has 2 aromatic heterocycles. The first-order chi connectivity index (χ1) is 14.5. The lowest BCUT2D eigenvalue weighted by atomic mass is 10.1. The molecule has 0 spiro atoms. The first kappa shape index (κ1) is 19.8. The number of nitrogens with two attached hydrogens (primary N) is 1. The molecule has 0 aliphatic heterocycles. The van der Waals surface area contributed by atoms with Crippen LogP contribution in [0.2, 0.25) is 0 Å². The molecular formula is C24H26N4O2. The maximum Gasteiger partial charge on any atom is 0.151 e. The monoisotopic (exact) mass is 402 g/mol. The standard InChI is InChI=1S/C24H26N4O2/c1-15-16(2)26-24(25)22-23(15)28(14-18-7-11-20(30-4)12-8-18)21(27-22)13-17-5-9-19(29-3)10-6-17/h5-12H,13-14H2,1-4H3,(H2,25,26). The number of hydrogen-bond acceptors (Lipinski definition) is 5. The molecule has 30 heavy (non-hydrogen) atoms. The zero-order valence-electron chi connectivity index (χ0n) is 17.8. The first-order valence-electron chi connectivity index (χ1n) is 9.87. The van der Waals surface area contributed by atoms with Crippen molar-refractivity contribution in [1.29, 1.82) is 0 Å². The Labute approximate surface area is 176 Å². The van der Waals surface area contributed by atoms with Crippen LogP contribution in [0.1, 0.15) is 28.2 Å². The number of methoxy groups -OCH3 is 2. The summed E-state index contributed by atoms with van der Waals surface area (Å²) in [5, 5.41) is 0. The summed E-state index contributed by atoms with van der Waals surface area (Å²) in [5.41, 5.74) is 12.4. The van der Waals surface area contributed by atoms with Crippen LogP contribution >= 0.6 is 0 Å². The Hall–Kier alpha value is -3.54. The SMILES string of the molecule is COc1ccc(Cc2nc3c(N)nc(C)c(C)c3n2Cc2ccc(OC)cc2)cc1. The normalized spacial score (nSPS) is 11.1. The Balaban J connectivity index is 1.81. The topological polar surface area (TPSA) is 75.2 Å². The zero-order valence-corrected chi connectivity index (χ0v) is 17.8. The van der Waals surface area contributed by atoms with Crippen LogP contribution < -0.4 is 15.2 Å². The molecule has 4 aromatic rings. The van der Waals surface area contributed by atoms with Gasteiger partial charge in [0.2, 0.25) is 0 Å². The predicted molar refractivity (Wildman–Crippen MR) is 119 cm³/mol. The van der Waals surface area contributed by atoms with Gasteiger partial charge in [0, 0.05) is 18.7 Å². The van der Waals surface area contributed by atoms with Gasteiger partial charge in [0.15, 0.2) is 5.82 Å². The number of nitrogen functional groups attached to an aromatic ring is 1. The Morgan fingerprint density at radius 2 is 1.40 bits per heavy atom. The molecule has 4 rings (SSSR count). The third-order valence-electron chi connectivity index (χ3n) is 5.50. The summed E-state index contributed by atoms with van der Waals surface area (Å²) in [7, 11) is 3.34. The van der Waals surface area contributed by atoms with Gasteiger partial charge in [-0.25, -0.2) is 9.97 Å². The van der Waals surface area contributed by atoms with Crippen molar-refractivity contribution in [2.75, 3.05) is 20.0 Å². The van der Waals surface area contributed by atoms with E-state index in [1.165, 1.54) is 5.56 Å². The van der Waals surface area contributed by atoms with Crippen LogP contribution in [0, 0.1) is 13.8 Å². The predicted octanol–water partition coefficient (Wildman–Crippen LogP) is 4.29. The highest BCUT2D eigenvalue weighted by molar-refractivity contribution is 5.88. The lowest BCUT2D eigenvalue weighted by Gasteiger charge is -2.13. The maximum absolute atomic E-state index is 6.25. The molecule has 154 valence electrons. The minimum Gasteiger partial charge on any atom is -0.497 e. The molecule has 6 heteroatoms. The number of fused-ring (bicyclic) bond motifs is 1. The second-order valence-corrected chi connectivity index (χ2v) is 7.39. The second-order valence-electron chi connectivity index (χ2n) is 7.39. The maximum atomic E-state index is 6.25. The van der Waals surface area contributed by atoms with E-state index >= 15 is 0 Å². The molecule has 0 atom stereocenters. The summed E-state index contributed by atoms with van der Waals surface area (Å²) in [6.45, 7) is 4.75. The average molecular weight is 402 g/mol. The summed E-state index contributed by atoms with van der Waals surface area (Å²) in [6, 6.07) is 16.2. The van der Waals surface area contributed by atoms with E-state index in [1.807, 2.05) is 31.2 Å². The third-order valence-corrected chi connectivity index (χ3v) is 5.50. The summed E-state index contributed by atoms with van der Waals surface area (Å²) >= 11 is 0. The number of ether oxygens (including phenoxy) is 2. The Kier molecular flexibility index (Phi) is 5.31. The fraction of sp³-hybridized carbons (Fsp3) is 0.250. The van der Waals surface area contributed by atoms with E-state index in [4.69, 9.17) is 20.2 Å². The van der Waals surface area contributed by atoms with Crippen molar-refractivity contribution >= 4 is 16.9 Å². The van der Waals surface area contributed by atoms with E-state index in [9.17, 15) is 0 Å². The van der Waals surface area contributed by atoms with E-state index in [0.717, 1.165) is 45.2 Å². The number of benzene rings is 2. The second kappa shape index (κ2) is 8.06. The Morgan fingerprint density at radius 3 is 1.97 bits per heavy atom. The lowest BCUT2D eigenvalue weighted by Crippen LogP contribution is -2.07. The molecule has 0 amide bonds. The van der Waals surface area contributed by atoms with Crippen molar-refractivity contribution in [1.82, 2.24) is 14.5 Å². The molecule has 0 aliphatic rings. The highest BCUT2D eigenvalue weighted by Crippen LogP contribution is 2.28. The molecule has 0 saturated heterocycles. The number of nitrogens with zero attached hydrogens (tertiary/aromatic N) is 3. The number of imidazole rings is 1. The van der Waals surface area contributed by atoms with Crippen LogP contribution in [0.5, 0.6) is 11.5 Å². The van der Waals surface area contributed by atoms with Crippen molar-refractivity contribution in [2.45, 2.75) is 26.8 Å². The molecule has 0 aliphatic carbocycles. The van der Waals surface area contributed by atoms with Crippen molar-refractivity contribution < 1.29 is 9.47 Å². The van der Waals surface area contributed by atoms with E-state index in [0.29, 0.717) is 18.8 Å². The molecule has 2 heterocycles. The van der Waals surface area contributed by atoms with Gasteiger partial charge in [-0.1, -0.05) is 24.3 Å². The fourth-order valence-corrected chi connectivity index (χ4v) is 3.69. The van der Waals surface area contributed by atoms with Gasteiger partial charge in [0.05, 0.1) is 19.7 Å². The molecule has 0 bridgehead atoms. The van der Waals surface area contributed by atoms with Crippen LogP contribution in [0.15, 0.2) is 48.5 Å². The van der Waals surface area contributed by atoms with Crippen molar-refractivity contribution in [2.24, 2.45) is 0 Å². The van der Waals surface area contributed by atoms with Gasteiger partial charge in [-0.15, -0.1) is 0 Å². The zero-order chi connectivity index (χ0) is 21.3. The van der Waals surface area contributed by atoms with Gasteiger partial charge in [0.1, 0.15) is 22.8 Å². The molecule has 0 unspecified atom stereocenters. The number of anilines is 1. The van der Waals surface area contributed by atoms with Gasteiger partial charge < -0.3 is 19.8 Å². The van der Waals surface area contributed by atoms with Crippen LogP contribution in [-0.4, -0.2) is 28.8 Å². The average Bonchev–Trinajstić information content (AvgIpc) is 3.12. The van der Waals surface area contributed by atoms with Gasteiger partial charge in [0.25, 0.3) is 0 Å². The van der Waals surface area contributed by atoms with Gasteiger partial charge in [-0.3, -0.25) is 0 Å². The van der Waals surface area contributed by atoms with Gasteiger partial charge >= 0.3 is 0 Å². The van der Waals surface area contributed by atoms with Gasteiger partial charge in [-0.2, -0.15) is 0 Å². The molecule has 2 aromatic carbocycles. The highest BCUT2D eigenvalue weighted by Gasteiger charge is 2.18. The fourth-order valence-electron chi connectivity index (χ4n) is 3.69. The van der Waals surface area contributed by atoms with Crippen LogP contribution in [0.25, 0.3) is 11.0 Å². The van der Waals surface area contributed by atoms with Crippen LogP contribution in [0.3, 0.4) is 0 Å². The van der Waals surface area contributed by atoms with E-state index < -0.39 is 0 Å². The Morgan fingerprint density at radius 1 is 0.833 bits per heavy atom. The highest BCUT2D eigenvalue weighted by atomic mass is 16.5. The lowest BCUT2D eigenvalue weighted by molar-refractivity contribution is 0.414. The molecule has 0 radical (unpaired) electrons. The summed E-state index contributed by atoms with van der Waals surface area (Å²) in [5.74, 6) is 3.10. The van der Waals surface area contributed by atoms with E-state index in [2.05, 4.69) is 40.7 Å². The molecule has 6 nitrogen and oxygen atoms in total. The molecule has 0 saturated carbocycles. The largest absolute Gasteiger partial charge is 0.497 e. The van der Waals surface area contributed by atoms with Crippen molar-refractivity contribution in [3.05, 3.63) is 76.7 Å². The number of pyridine rings is 1. The van der Waals surface area contributed by atoms with Gasteiger partial charge in [-0.05, 0) is 54.8 Å². The van der Waals surface area contributed by atoms with Crippen LogP contribution in [-0.2, 0) is 13.0 Å². The van der Waals surface area contributed by atoms with Crippen molar-refractivity contribution in [3.63, 3.8) is 0 Å². The number of hydrogen-bond donors (Lipinski definition) is 1.